The Morgan fingerprint density at radius 3 is 2.87 bits per heavy atom. The fraction of sp³-hybridized carbons (Fsp3) is 0.353. The molecule has 23 heavy (non-hydrogen) atoms. The maximum Gasteiger partial charge on any atom is 0.251 e. The number of fused-ring (bicyclic) bond motifs is 1. The summed E-state index contributed by atoms with van der Waals surface area (Å²) >= 11 is 0. The van der Waals surface area contributed by atoms with Crippen molar-refractivity contribution in [3.05, 3.63) is 58.5 Å². The Bertz CT molecular complexity index is 773. The van der Waals surface area contributed by atoms with Gasteiger partial charge in [-0.25, -0.2) is 0 Å². The van der Waals surface area contributed by atoms with Crippen LogP contribution >= 0.6 is 0 Å². The third-order valence-electron chi connectivity index (χ3n) is 4.20. The van der Waals surface area contributed by atoms with Crippen molar-refractivity contribution in [3.63, 3.8) is 0 Å². The summed E-state index contributed by atoms with van der Waals surface area (Å²) < 4.78 is 12.7. The summed E-state index contributed by atoms with van der Waals surface area (Å²) in [5, 5.41) is 10.9. The molecule has 3 rings (SSSR count). The number of rotatable bonds is 3. The van der Waals surface area contributed by atoms with Crippen LogP contribution < -0.4 is 16.0 Å². The number of nitrogens with two attached hydrogens (primary N) is 1. The van der Waals surface area contributed by atoms with Gasteiger partial charge in [0.15, 0.2) is 5.60 Å². The molecule has 2 heterocycles. The number of aromatic nitrogens is 1. The smallest absolute Gasteiger partial charge is 0.251 e. The normalized spacial score (nSPS) is 26.4. The van der Waals surface area contributed by atoms with Gasteiger partial charge >= 0.3 is 0 Å². The highest BCUT2D eigenvalue weighted by molar-refractivity contribution is 5.51. The van der Waals surface area contributed by atoms with Crippen molar-refractivity contribution in [1.82, 2.24) is 4.57 Å². The van der Waals surface area contributed by atoms with E-state index in [9.17, 15) is 9.90 Å². The van der Waals surface area contributed by atoms with Crippen molar-refractivity contribution >= 4 is 5.69 Å². The van der Waals surface area contributed by atoms with E-state index >= 15 is 0 Å². The highest BCUT2D eigenvalue weighted by atomic mass is 16.6. The van der Waals surface area contributed by atoms with Gasteiger partial charge in [-0.2, -0.15) is 0 Å². The molecule has 1 aliphatic rings. The number of hydrogen-bond donors (Lipinski definition) is 2. The Morgan fingerprint density at radius 1 is 1.39 bits per heavy atom. The minimum Gasteiger partial charge on any atom is -0.482 e. The van der Waals surface area contributed by atoms with Crippen LogP contribution in [0.1, 0.15) is 18.5 Å². The lowest BCUT2D eigenvalue weighted by Gasteiger charge is -2.44. The van der Waals surface area contributed by atoms with Crippen LogP contribution in [0.3, 0.4) is 0 Å². The molecule has 0 saturated heterocycles. The van der Waals surface area contributed by atoms with E-state index in [0.29, 0.717) is 17.0 Å². The van der Waals surface area contributed by atoms with Gasteiger partial charge < -0.3 is 24.9 Å². The molecule has 0 saturated carbocycles. The van der Waals surface area contributed by atoms with Crippen LogP contribution in [0.4, 0.5) is 5.69 Å². The first-order valence-corrected chi connectivity index (χ1v) is 7.39. The molecule has 3 N–H and O–H groups in total. The number of pyridine rings is 1. The lowest BCUT2D eigenvalue weighted by molar-refractivity contribution is -0.109. The van der Waals surface area contributed by atoms with Crippen LogP contribution in [0, 0.1) is 0 Å². The number of anilines is 1. The predicted molar refractivity (Wildman–Crippen MR) is 86.6 cm³/mol. The van der Waals surface area contributed by atoms with E-state index in [2.05, 4.69) is 0 Å². The summed E-state index contributed by atoms with van der Waals surface area (Å²) in [7, 11) is 1.55. The van der Waals surface area contributed by atoms with E-state index in [-0.39, 0.29) is 12.2 Å². The molecule has 6 nitrogen and oxygen atoms in total. The molecule has 0 fully saturated rings. The lowest BCUT2D eigenvalue weighted by Crippen LogP contribution is -2.56. The molecule has 3 unspecified atom stereocenters. The second-order valence-electron chi connectivity index (χ2n) is 5.98. The fourth-order valence-corrected chi connectivity index (χ4v) is 3.08. The van der Waals surface area contributed by atoms with Crippen molar-refractivity contribution in [2.45, 2.75) is 24.7 Å². The van der Waals surface area contributed by atoms with Gasteiger partial charge in [0.1, 0.15) is 11.9 Å². The molecule has 1 aromatic heterocycles. The van der Waals surface area contributed by atoms with Crippen LogP contribution in [0.5, 0.6) is 5.75 Å². The summed E-state index contributed by atoms with van der Waals surface area (Å²) in [5.41, 5.74) is 5.93. The van der Waals surface area contributed by atoms with Gasteiger partial charge in [-0.1, -0.05) is 6.07 Å². The average molecular weight is 316 g/mol. The van der Waals surface area contributed by atoms with Crippen LogP contribution in [-0.2, 0) is 4.74 Å². The zero-order valence-electron chi connectivity index (χ0n) is 13.1. The molecule has 0 spiro atoms. The van der Waals surface area contributed by atoms with E-state index in [0.717, 1.165) is 0 Å². The van der Waals surface area contributed by atoms with Gasteiger partial charge in [-0.05, 0) is 31.2 Å². The van der Waals surface area contributed by atoms with E-state index in [1.807, 2.05) is 0 Å². The summed E-state index contributed by atoms with van der Waals surface area (Å²) in [5.74, 6) is 0.588. The van der Waals surface area contributed by atoms with Crippen molar-refractivity contribution < 1.29 is 14.6 Å². The zero-order chi connectivity index (χ0) is 16.6. The van der Waals surface area contributed by atoms with E-state index in [1.165, 1.54) is 10.6 Å². The molecular weight excluding hydrogens is 296 g/mol. The third kappa shape index (κ3) is 2.60. The number of benzene rings is 1. The Kier molecular flexibility index (Phi) is 3.87. The Labute approximate surface area is 134 Å². The van der Waals surface area contributed by atoms with Gasteiger partial charge in [0.05, 0.1) is 12.6 Å². The summed E-state index contributed by atoms with van der Waals surface area (Å²) in [6, 6.07) is 9.50. The number of methoxy groups -OCH3 is 1. The molecule has 6 heteroatoms. The standard InChI is InChI=1S/C17H20N2O4/c1-17(10-22-2)16(21)15(19-8-4-3-5-14(19)20)12-9-11(18)6-7-13(12)23-17/h3-9,15-16,21H,10,18H2,1-2H3. The number of aliphatic hydroxyl groups is 1. The Morgan fingerprint density at radius 2 is 2.17 bits per heavy atom. The molecule has 122 valence electrons. The van der Waals surface area contributed by atoms with E-state index in [4.69, 9.17) is 15.2 Å². The second-order valence-corrected chi connectivity index (χ2v) is 5.98. The predicted octanol–water partition coefficient (Wildman–Crippen LogP) is 1.18. The minimum atomic E-state index is -0.975. The quantitative estimate of drug-likeness (QED) is 0.830. The first kappa shape index (κ1) is 15.6. The highest BCUT2D eigenvalue weighted by Crippen LogP contribution is 2.42. The second kappa shape index (κ2) is 5.72. The average Bonchev–Trinajstić information content (AvgIpc) is 2.51. The monoisotopic (exact) mass is 316 g/mol. The van der Waals surface area contributed by atoms with Crippen LogP contribution in [0.25, 0.3) is 0 Å². The van der Waals surface area contributed by atoms with Gasteiger partial charge in [-0.15, -0.1) is 0 Å². The van der Waals surface area contributed by atoms with E-state index in [1.54, 1.807) is 50.6 Å². The fourth-order valence-electron chi connectivity index (χ4n) is 3.08. The molecule has 2 aromatic rings. The minimum absolute atomic E-state index is 0.191. The molecule has 0 radical (unpaired) electrons. The highest BCUT2D eigenvalue weighted by Gasteiger charge is 2.47. The van der Waals surface area contributed by atoms with Crippen LogP contribution in [0.2, 0.25) is 0 Å². The molecule has 1 aliphatic heterocycles. The van der Waals surface area contributed by atoms with Gasteiger partial charge in [0.25, 0.3) is 5.56 Å². The SMILES string of the molecule is COCC1(C)Oc2ccc(N)cc2C(n2ccccc2=O)C1O. The number of ether oxygens (including phenoxy) is 2. The first-order valence-electron chi connectivity index (χ1n) is 7.39. The van der Waals surface area contributed by atoms with Gasteiger partial charge in [-0.3, -0.25) is 4.79 Å². The Balaban J connectivity index is 2.21. The van der Waals surface area contributed by atoms with Crippen molar-refractivity contribution in [3.8, 4) is 5.75 Å². The number of nitrogen functional groups attached to an aromatic ring is 1. The summed E-state index contributed by atoms with van der Waals surface area (Å²) in [6.45, 7) is 1.96. The number of hydrogen-bond acceptors (Lipinski definition) is 5. The molecule has 0 aliphatic carbocycles. The molecule has 0 amide bonds. The van der Waals surface area contributed by atoms with Crippen LogP contribution in [-0.4, -0.2) is 35.1 Å². The summed E-state index contributed by atoms with van der Waals surface area (Å²) in [6.07, 6.45) is 0.679. The van der Waals surface area contributed by atoms with Gasteiger partial charge in [0, 0.05) is 30.6 Å². The number of nitrogens with zero attached hydrogens (tertiary/aromatic N) is 1. The third-order valence-corrected chi connectivity index (χ3v) is 4.20. The van der Waals surface area contributed by atoms with Crippen molar-refractivity contribution in [2.24, 2.45) is 0 Å². The molecule has 0 bridgehead atoms. The van der Waals surface area contributed by atoms with Crippen molar-refractivity contribution in [2.75, 3.05) is 19.5 Å². The van der Waals surface area contributed by atoms with Crippen LogP contribution in [0.15, 0.2) is 47.4 Å². The Hall–Kier alpha value is -2.31. The maximum absolute atomic E-state index is 12.3. The van der Waals surface area contributed by atoms with E-state index < -0.39 is 17.7 Å². The van der Waals surface area contributed by atoms with Crippen molar-refractivity contribution in [1.29, 1.82) is 0 Å². The topological polar surface area (TPSA) is 86.7 Å². The molecule has 3 atom stereocenters. The molecular formula is C17H20N2O4. The molecule has 1 aromatic carbocycles. The maximum atomic E-state index is 12.3. The zero-order valence-corrected chi connectivity index (χ0v) is 13.1. The largest absolute Gasteiger partial charge is 0.482 e. The lowest BCUT2D eigenvalue weighted by atomic mass is 9.85. The first-order chi connectivity index (χ1) is 11.0. The number of aliphatic hydroxyl groups excluding tert-OH is 1. The van der Waals surface area contributed by atoms with Gasteiger partial charge in [0.2, 0.25) is 0 Å². The summed E-state index contributed by atoms with van der Waals surface area (Å²) in [4.78, 5) is 12.3.